The number of likely N-dealkylation sites (tertiary alicyclic amines) is 1. The monoisotopic (exact) mass is 382 g/mol. The Kier molecular flexibility index (Phi) is 4.58. The minimum absolute atomic E-state index is 0.0288. The van der Waals surface area contributed by atoms with E-state index in [1.165, 1.54) is 17.0 Å². The molecule has 0 aliphatic carbocycles. The van der Waals surface area contributed by atoms with Crippen molar-refractivity contribution >= 4 is 23.5 Å². The van der Waals surface area contributed by atoms with Gasteiger partial charge >= 0.3 is 5.97 Å². The molecule has 1 fully saturated rings. The molecule has 2 aromatic rings. The van der Waals surface area contributed by atoms with Gasteiger partial charge in [0, 0.05) is 31.1 Å². The molecular formula is C21H19FN2O4. The average Bonchev–Trinajstić information content (AvgIpc) is 3.13. The minimum atomic E-state index is -0.974. The first kappa shape index (κ1) is 18.2. The Morgan fingerprint density at radius 1 is 1.11 bits per heavy atom. The number of nitrogens with zero attached hydrogens (tertiary/aromatic N) is 1. The highest BCUT2D eigenvalue weighted by atomic mass is 19.1. The molecule has 0 bridgehead atoms. The number of carbonyl (C=O) groups excluding carboxylic acids is 2. The molecule has 144 valence electrons. The molecule has 0 radical (unpaired) electrons. The first-order chi connectivity index (χ1) is 13.4. The molecule has 0 spiro atoms. The van der Waals surface area contributed by atoms with Gasteiger partial charge in [-0.25, -0.2) is 4.39 Å². The van der Waals surface area contributed by atoms with E-state index in [0.717, 1.165) is 5.56 Å². The Morgan fingerprint density at radius 2 is 1.86 bits per heavy atom. The molecule has 4 rings (SSSR count). The molecule has 2 heterocycles. The second kappa shape index (κ2) is 7.07. The Morgan fingerprint density at radius 3 is 2.57 bits per heavy atom. The highest BCUT2D eigenvalue weighted by Gasteiger charge is 2.41. The van der Waals surface area contributed by atoms with Crippen LogP contribution in [0.1, 0.15) is 33.8 Å². The van der Waals surface area contributed by atoms with E-state index in [1.807, 2.05) is 30.3 Å². The molecule has 0 aromatic heterocycles. The van der Waals surface area contributed by atoms with Gasteiger partial charge in [-0.15, -0.1) is 0 Å². The number of carboxylic acids is 1. The van der Waals surface area contributed by atoms with Crippen molar-refractivity contribution in [2.24, 2.45) is 5.92 Å². The first-order valence-electron chi connectivity index (χ1n) is 9.13. The van der Waals surface area contributed by atoms with E-state index in [4.69, 9.17) is 0 Å². The molecule has 28 heavy (non-hydrogen) atoms. The van der Waals surface area contributed by atoms with E-state index in [-0.39, 0.29) is 36.9 Å². The molecule has 2 amide bonds. The molecule has 2 N–H and O–H groups in total. The van der Waals surface area contributed by atoms with Gasteiger partial charge in [-0.05, 0) is 29.7 Å². The fourth-order valence-corrected chi connectivity index (χ4v) is 3.99. The van der Waals surface area contributed by atoms with Crippen LogP contribution in [0.5, 0.6) is 0 Å². The third-order valence-corrected chi connectivity index (χ3v) is 5.47. The summed E-state index contributed by atoms with van der Waals surface area (Å²) in [6.45, 7) is 0.244. The zero-order chi connectivity index (χ0) is 19.8. The van der Waals surface area contributed by atoms with Crippen LogP contribution in [0.15, 0.2) is 42.5 Å². The highest BCUT2D eigenvalue weighted by Crippen LogP contribution is 2.34. The van der Waals surface area contributed by atoms with Crippen LogP contribution in [0, 0.1) is 11.7 Å². The Labute approximate surface area is 161 Å². The van der Waals surface area contributed by atoms with Crippen molar-refractivity contribution < 1.29 is 23.9 Å². The summed E-state index contributed by atoms with van der Waals surface area (Å²) >= 11 is 0. The lowest BCUT2D eigenvalue weighted by Crippen LogP contribution is -2.31. The lowest BCUT2D eigenvalue weighted by atomic mass is 9.89. The maximum atomic E-state index is 14.6. The number of nitrogens with one attached hydrogen (secondary N) is 1. The van der Waals surface area contributed by atoms with Crippen molar-refractivity contribution in [1.82, 2.24) is 4.90 Å². The zero-order valence-corrected chi connectivity index (χ0v) is 15.0. The molecule has 2 aliphatic rings. The van der Waals surface area contributed by atoms with Gasteiger partial charge in [-0.1, -0.05) is 30.3 Å². The summed E-state index contributed by atoms with van der Waals surface area (Å²) in [7, 11) is 0. The molecule has 2 atom stereocenters. The van der Waals surface area contributed by atoms with Crippen LogP contribution >= 0.6 is 0 Å². The maximum Gasteiger partial charge on any atom is 0.308 e. The normalized spacial score (nSPS) is 21.2. The van der Waals surface area contributed by atoms with Crippen LogP contribution in [-0.2, 0) is 16.0 Å². The number of rotatable bonds is 3. The van der Waals surface area contributed by atoms with Crippen molar-refractivity contribution in [3.63, 3.8) is 0 Å². The number of anilines is 1. The summed E-state index contributed by atoms with van der Waals surface area (Å²) in [5.41, 5.74) is 1.85. The van der Waals surface area contributed by atoms with E-state index in [0.29, 0.717) is 17.7 Å². The zero-order valence-electron chi connectivity index (χ0n) is 15.0. The summed E-state index contributed by atoms with van der Waals surface area (Å²) < 4.78 is 14.6. The Hall–Kier alpha value is -3.22. The van der Waals surface area contributed by atoms with Crippen LogP contribution < -0.4 is 5.32 Å². The van der Waals surface area contributed by atoms with Crippen molar-refractivity contribution in [2.45, 2.75) is 18.8 Å². The van der Waals surface area contributed by atoms with E-state index in [2.05, 4.69) is 5.32 Å². The molecule has 1 saturated heterocycles. The molecule has 2 unspecified atom stereocenters. The lowest BCUT2D eigenvalue weighted by molar-refractivity contribution is -0.141. The molecule has 2 aliphatic heterocycles. The summed E-state index contributed by atoms with van der Waals surface area (Å²) in [5, 5.41) is 12.2. The molecular weight excluding hydrogens is 363 g/mol. The van der Waals surface area contributed by atoms with Crippen molar-refractivity contribution in [2.75, 3.05) is 18.4 Å². The van der Waals surface area contributed by atoms with Gasteiger partial charge in [0.1, 0.15) is 5.82 Å². The number of benzene rings is 2. The number of aliphatic carboxylic acids is 1. The Bertz CT molecular complexity index is 960. The van der Waals surface area contributed by atoms with Crippen molar-refractivity contribution in [3.8, 4) is 0 Å². The first-order valence-corrected chi connectivity index (χ1v) is 9.13. The fourth-order valence-electron chi connectivity index (χ4n) is 3.99. The van der Waals surface area contributed by atoms with Crippen LogP contribution in [0.2, 0.25) is 0 Å². The highest BCUT2D eigenvalue weighted by molar-refractivity contribution is 5.98. The number of halogens is 1. The van der Waals surface area contributed by atoms with Gasteiger partial charge < -0.3 is 15.3 Å². The molecule has 6 nitrogen and oxygen atoms in total. The number of hydrogen-bond acceptors (Lipinski definition) is 3. The van der Waals surface area contributed by atoms with Gasteiger partial charge in [0.2, 0.25) is 5.91 Å². The topological polar surface area (TPSA) is 86.7 Å². The van der Waals surface area contributed by atoms with Gasteiger partial charge in [0.25, 0.3) is 5.91 Å². The quantitative estimate of drug-likeness (QED) is 0.855. The average molecular weight is 382 g/mol. The maximum absolute atomic E-state index is 14.6. The Balaban J connectivity index is 1.62. The van der Waals surface area contributed by atoms with Crippen LogP contribution in [0.4, 0.5) is 10.1 Å². The molecule has 0 saturated carbocycles. The largest absolute Gasteiger partial charge is 0.481 e. The summed E-state index contributed by atoms with van der Waals surface area (Å²) in [4.78, 5) is 37.6. The van der Waals surface area contributed by atoms with Crippen molar-refractivity contribution in [1.29, 1.82) is 0 Å². The van der Waals surface area contributed by atoms with Crippen LogP contribution in [-0.4, -0.2) is 40.9 Å². The van der Waals surface area contributed by atoms with Gasteiger partial charge in [0.05, 0.1) is 11.5 Å². The molecule has 7 heteroatoms. The number of amides is 2. The minimum Gasteiger partial charge on any atom is -0.481 e. The van der Waals surface area contributed by atoms with Crippen LogP contribution in [0.3, 0.4) is 0 Å². The number of fused-ring (bicyclic) bond motifs is 1. The number of aryl methyl sites for hydroxylation is 1. The number of carbonyl (C=O) groups is 3. The van der Waals surface area contributed by atoms with Crippen molar-refractivity contribution in [3.05, 3.63) is 65.0 Å². The van der Waals surface area contributed by atoms with E-state index in [9.17, 15) is 23.9 Å². The third kappa shape index (κ3) is 3.24. The SMILES string of the molecule is O=C1CCc2cc(C(=O)N3CC(C(=O)O)C(c4ccccc4)C3)c(F)cc2N1. The fraction of sp³-hybridized carbons (Fsp3) is 0.286. The van der Waals surface area contributed by atoms with Crippen LogP contribution in [0.25, 0.3) is 0 Å². The van der Waals surface area contributed by atoms with Gasteiger partial charge in [-0.3, -0.25) is 14.4 Å². The van der Waals surface area contributed by atoms with E-state index >= 15 is 0 Å². The summed E-state index contributed by atoms with van der Waals surface area (Å²) in [6.07, 6.45) is 0.721. The van der Waals surface area contributed by atoms with E-state index in [1.54, 1.807) is 0 Å². The second-order valence-corrected chi connectivity index (χ2v) is 7.21. The lowest BCUT2D eigenvalue weighted by Gasteiger charge is -2.21. The summed E-state index contributed by atoms with van der Waals surface area (Å²) in [5.74, 6) is -3.49. The molecule has 2 aromatic carbocycles. The third-order valence-electron chi connectivity index (χ3n) is 5.47. The summed E-state index contributed by atoms with van der Waals surface area (Å²) in [6, 6.07) is 11.8. The predicted octanol–water partition coefficient (Wildman–Crippen LogP) is 2.65. The predicted molar refractivity (Wildman–Crippen MR) is 99.6 cm³/mol. The number of hydrogen-bond donors (Lipinski definition) is 2. The van der Waals surface area contributed by atoms with E-state index < -0.39 is 23.6 Å². The van der Waals surface area contributed by atoms with Gasteiger partial charge in [-0.2, -0.15) is 0 Å². The van der Waals surface area contributed by atoms with Gasteiger partial charge in [0.15, 0.2) is 0 Å². The second-order valence-electron chi connectivity index (χ2n) is 7.21. The standard InChI is InChI=1S/C21H19FN2O4/c22-17-9-18-13(6-7-19(25)23-18)8-14(17)20(26)24-10-15(16(11-24)21(27)28)12-4-2-1-3-5-12/h1-5,8-9,15-16H,6-7,10-11H2,(H,23,25)(H,27,28). The number of carboxylic acid groups (broad SMARTS) is 1. The smallest absolute Gasteiger partial charge is 0.308 e.